The Morgan fingerprint density at radius 2 is 1.93 bits per heavy atom. The summed E-state index contributed by atoms with van der Waals surface area (Å²) in [7, 11) is 1.19. The predicted molar refractivity (Wildman–Crippen MR) is 47.2 cm³/mol. The molecule has 1 rings (SSSR count). The minimum Gasteiger partial charge on any atom is -0.381 e. The number of carbonyl (C=O) groups is 1. The maximum absolute atomic E-state index is 12.0. The summed E-state index contributed by atoms with van der Waals surface area (Å²) >= 11 is 0. The Kier molecular flexibility index (Phi) is 3.96. The molecule has 1 heterocycles. The number of carbonyl (C=O) groups excluding carboxylic acids is 1. The fraction of sp³-hybridized carbons (Fsp3) is 0.889. The van der Waals surface area contributed by atoms with Crippen LogP contribution in [0, 0.1) is 5.92 Å². The van der Waals surface area contributed by atoms with Crippen molar-refractivity contribution in [3.8, 4) is 0 Å². The fourth-order valence-corrected chi connectivity index (χ4v) is 1.62. The van der Waals surface area contributed by atoms with Crippen LogP contribution in [0.2, 0.25) is 0 Å². The zero-order valence-corrected chi connectivity index (χ0v) is 8.51. The molecule has 15 heavy (non-hydrogen) atoms. The van der Waals surface area contributed by atoms with Gasteiger partial charge in [-0.3, -0.25) is 4.79 Å². The standard InChI is InChI=1S/C9H14F3NO2/c1-13(8(14)9(10,11)12)6-7-2-4-15-5-3-7/h7H,2-6H2,1H3. The molecule has 0 atom stereocenters. The van der Waals surface area contributed by atoms with Gasteiger partial charge in [-0.1, -0.05) is 0 Å². The van der Waals surface area contributed by atoms with Gasteiger partial charge in [0.25, 0.3) is 0 Å². The lowest BCUT2D eigenvalue weighted by Crippen LogP contribution is -2.41. The van der Waals surface area contributed by atoms with Gasteiger partial charge < -0.3 is 9.64 Å². The molecule has 1 aliphatic heterocycles. The molecular formula is C9H14F3NO2. The van der Waals surface area contributed by atoms with E-state index in [-0.39, 0.29) is 12.5 Å². The molecular weight excluding hydrogens is 211 g/mol. The molecule has 0 aromatic heterocycles. The van der Waals surface area contributed by atoms with E-state index in [9.17, 15) is 18.0 Å². The van der Waals surface area contributed by atoms with Gasteiger partial charge in [-0.25, -0.2) is 0 Å². The first-order valence-corrected chi connectivity index (χ1v) is 4.81. The average Bonchev–Trinajstić information content (AvgIpc) is 2.16. The molecule has 6 heteroatoms. The molecule has 1 amide bonds. The van der Waals surface area contributed by atoms with Crippen LogP contribution in [0.3, 0.4) is 0 Å². The van der Waals surface area contributed by atoms with Gasteiger partial charge in [-0.15, -0.1) is 0 Å². The number of nitrogens with zero attached hydrogens (tertiary/aromatic N) is 1. The second-order valence-corrected chi connectivity index (χ2v) is 3.74. The summed E-state index contributed by atoms with van der Waals surface area (Å²) < 4.78 is 41.2. The van der Waals surface area contributed by atoms with Crippen molar-refractivity contribution in [1.82, 2.24) is 4.90 Å². The van der Waals surface area contributed by atoms with Gasteiger partial charge in [0, 0.05) is 26.8 Å². The molecule has 0 N–H and O–H groups in total. The van der Waals surface area contributed by atoms with E-state index in [4.69, 9.17) is 4.74 Å². The summed E-state index contributed by atoms with van der Waals surface area (Å²) in [5.41, 5.74) is 0. The Morgan fingerprint density at radius 1 is 1.40 bits per heavy atom. The van der Waals surface area contributed by atoms with Gasteiger partial charge in [0.15, 0.2) is 0 Å². The zero-order valence-electron chi connectivity index (χ0n) is 8.51. The van der Waals surface area contributed by atoms with Crippen molar-refractivity contribution in [2.45, 2.75) is 19.0 Å². The molecule has 0 radical (unpaired) electrons. The van der Waals surface area contributed by atoms with E-state index in [0.717, 1.165) is 17.7 Å². The van der Waals surface area contributed by atoms with Gasteiger partial charge in [-0.05, 0) is 18.8 Å². The van der Waals surface area contributed by atoms with Crippen LogP contribution in [-0.2, 0) is 9.53 Å². The lowest BCUT2D eigenvalue weighted by molar-refractivity contribution is -0.184. The maximum atomic E-state index is 12.0. The van der Waals surface area contributed by atoms with E-state index < -0.39 is 12.1 Å². The first-order valence-electron chi connectivity index (χ1n) is 4.81. The normalized spacial score (nSPS) is 18.9. The number of alkyl halides is 3. The highest BCUT2D eigenvalue weighted by molar-refractivity contribution is 5.81. The highest BCUT2D eigenvalue weighted by atomic mass is 19.4. The molecule has 0 bridgehead atoms. The average molecular weight is 225 g/mol. The monoisotopic (exact) mass is 225 g/mol. The van der Waals surface area contributed by atoms with E-state index in [1.54, 1.807) is 0 Å². The molecule has 88 valence electrons. The van der Waals surface area contributed by atoms with Crippen molar-refractivity contribution in [3.63, 3.8) is 0 Å². The summed E-state index contributed by atoms with van der Waals surface area (Å²) in [6, 6.07) is 0. The quantitative estimate of drug-likeness (QED) is 0.711. The first-order chi connectivity index (χ1) is 6.91. The molecule has 1 fully saturated rings. The van der Waals surface area contributed by atoms with Crippen LogP contribution in [0.1, 0.15) is 12.8 Å². The van der Waals surface area contributed by atoms with Crippen LogP contribution >= 0.6 is 0 Å². The largest absolute Gasteiger partial charge is 0.471 e. The van der Waals surface area contributed by atoms with Crippen molar-refractivity contribution in [2.75, 3.05) is 26.8 Å². The lowest BCUT2D eigenvalue weighted by atomic mass is 10.00. The molecule has 0 aromatic carbocycles. The topological polar surface area (TPSA) is 29.5 Å². The lowest BCUT2D eigenvalue weighted by Gasteiger charge is -2.27. The van der Waals surface area contributed by atoms with E-state index >= 15 is 0 Å². The van der Waals surface area contributed by atoms with Gasteiger partial charge in [0.2, 0.25) is 0 Å². The minimum absolute atomic E-state index is 0.120. The van der Waals surface area contributed by atoms with Gasteiger partial charge in [0.1, 0.15) is 0 Å². The summed E-state index contributed by atoms with van der Waals surface area (Å²) in [6.07, 6.45) is -3.33. The van der Waals surface area contributed by atoms with Crippen LogP contribution in [0.25, 0.3) is 0 Å². The van der Waals surface area contributed by atoms with Crippen molar-refractivity contribution >= 4 is 5.91 Å². The molecule has 0 unspecified atom stereocenters. The summed E-state index contributed by atoms with van der Waals surface area (Å²) in [5.74, 6) is -1.65. The Balaban J connectivity index is 2.40. The summed E-state index contributed by atoms with van der Waals surface area (Å²) in [5, 5.41) is 0. The van der Waals surface area contributed by atoms with Crippen molar-refractivity contribution in [2.24, 2.45) is 5.92 Å². The fourth-order valence-electron chi connectivity index (χ4n) is 1.62. The van der Waals surface area contributed by atoms with Crippen molar-refractivity contribution < 1.29 is 22.7 Å². The summed E-state index contributed by atoms with van der Waals surface area (Å²) in [6.45, 7) is 1.29. The van der Waals surface area contributed by atoms with Crippen LogP contribution in [-0.4, -0.2) is 43.8 Å². The highest BCUT2D eigenvalue weighted by Gasteiger charge is 2.41. The van der Waals surface area contributed by atoms with Crippen LogP contribution in [0.4, 0.5) is 13.2 Å². The maximum Gasteiger partial charge on any atom is 0.471 e. The highest BCUT2D eigenvalue weighted by Crippen LogP contribution is 2.21. The molecule has 0 aliphatic carbocycles. The second kappa shape index (κ2) is 4.83. The van der Waals surface area contributed by atoms with Crippen LogP contribution in [0.5, 0.6) is 0 Å². The van der Waals surface area contributed by atoms with Crippen molar-refractivity contribution in [3.05, 3.63) is 0 Å². The Bertz CT molecular complexity index is 224. The molecule has 3 nitrogen and oxygen atoms in total. The third-order valence-electron chi connectivity index (χ3n) is 2.46. The van der Waals surface area contributed by atoms with Crippen molar-refractivity contribution in [1.29, 1.82) is 0 Å². The van der Waals surface area contributed by atoms with Gasteiger partial charge in [0.05, 0.1) is 0 Å². The second-order valence-electron chi connectivity index (χ2n) is 3.74. The third-order valence-corrected chi connectivity index (χ3v) is 2.46. The SMILES string of the molecule is CN(CC1CCOCC1)C(=O)C(F)(F)F. The molecule has 1 saturated heterocycles. The summed E-state index contributed by atoms with van der Waals surface area (Å²) in [4.78, 5) is 11.6. The number of hydrogen-bond donors (Lipinski definition) is 0. The van der Waals surface area contributed by atoms with Gasteiger partial charge >= 0.3 is 12.1 Å². The number of ether oxygens (including phenoxy) is 1. The Morgan fingerprint density at radius 3 is 2.40 bits per heavy atom. The van der Waals surface area contributed by atoms with E-state index in [2.05, 4.69) is 0 Å². The van der Waals surface area contributed by atoms with E-state index in [1.165, 1.54) is 7.05 Å². The Labute approximate surface area is 86.2 Å². The molecule has 0 saturated carbocycles. The Hall–Kier alpha value is -0.780. The third kappa shape index (κ3) is 3.70. The molecule has 0 spiro atoms. The number of rotatable bonds is 2. The smallest absolute Gasteiger partial charge is 0.381 e. The minimum atomic E-state index is -4.76. The zero-order chi connectivity index (χ0) is 11.5. The van der Waals surface area contributed by atoms with Gasteiger partial charge in [-0.2, -0.15) is 13.2 Å². The number of halogens is 3. The molecule has 1 aliphatic rings. The number of hydrogen-bond acceptors (Lipinski definition) is 2. The van der Waals surface area contributed by atoms with E-state index in [0.29, 0.717) is 13.2 Å². The van der Waals surface area contributed by atoms with Crippen LogP contribution in [0.15, 0.2) is 0 Å². The number of amides is 1. The first kappa shape index (κ1) is 12.3. The van der Waals surface area contributed by atoms with Crippen LogP contribution < -0.4 is 0 Å². The molecule has 0 aromatic rings. The van der Waals surface area contributed by atoms with E-state index in [1.807, 2.05) is 0 Å². The predicted octanol–water partition coefficient (Wildman–Crippen LogP) is 1.43.